The fraction of sp³-hybridized carbons (Fsp3) is 0.750. The maximum atomic E-state index is 6.11. The molecule has 0 amide bonds. The van der Waals surface area contributed by atoms with E-state index < -0.39 is 0 Å². The van der Waals surface area contributed by atoms with Gasteiger partial charge >= 0.3 is 0 Å². The Morgan fingerprint density at radius 1 is 1.38 bits per heavy atom. The molecule has 0 fully saturated rings. The smallest absolute Gasteiger partial charge is 0.0630 e. The molecule has 0 aromatic carbocycles. The Bertz CT molecular complexity index is 317. The van der Waals surface area contributed by atoms with E-state index >= 15 is 0 Å². The molecule has 0 spiro atoms. The van der Waals surface area contributed by atoms with E-state index in [1.807, 2.05) is 24.0 Å². The van der Waals surface area contributed by atoms with Crippen molar-refractivity contribution in [3.8, 4) is 0 Å². The molecule has 1 aromatic heterocycles. The van der Waals surface area contributed by atoms with Gasteiger partial charge in [-0.25, -0.2) is 0 Å². The quantitative estimate of drug-likeness (QED) is 0.718. The van der Waals surface area contributed by atoms with Crippen molar-refractivity contribution in [2.75, 3.05) is 11.8 Å². The van der Waals surface area contributed by atoms with Crippen LogP contribution in [0.4, 0.5) is 0 Å². The normalized spacial score (nSPS) is 12.4. The molecule has 92 valence electrons. The second-order valence-corrected chi connectivity index (χ2v) is 5.56. The first-order valence-corrected chi connectivity index (χ1v) is 6.69. The molecule has 0 aliphatic rings. The van der Waals surface area contributed by atoms with Crippen LogP contribution in [0.15, 0.2) is 12.3 Å². The molecule has 0 radical (unpaired) electrons. The summed E-state index contributed by atoms with van der Waals surface area (Å²) in [5.41, 5.74) is 1.05. The Balaban J connectivity index is 2.77. The Morgan fingerprint density at radius 3 is 2.38 bits per heavy atom. The first kappa shape index (κ1) is 13.9. The molecule has 1 aromatic rings. The SMILES string of the molecule is CC(C)CC(CCl)(CCl)Cc1ccn(C)n1. The summed E-state index contributed by atoms with van der Waals surface area (Å²) in [5, 5.41) is 4.40. The Hall–Kier alpha value is -0.210. The Labute approximate surface area is 108 Å². The van der Waals surface area contributed by atoms with Crippen molar-refractivity contribution in [3.63, 3.8) is 0 Å². The predicted molar refractivity (Wildman–Crippen MR) is 70.2 cm³/mol. The number of rotatable bonds is 6. The van der Waals surface area contributed by atoms with E-state index in [4.69, 9.17) is 23.2 Å². The van der Waals surface area contributed by atoms with Crippen molar-refractivity contribution >= 4 is 23.2 Å². The highest BCUT2D eigenvalue weighted by atomic mass is 35.5. The Kier molecular flexibility index (Phi) is 5.13. The summed E-state index contributed by atoms with van der Waals surface area (Å²) in [5.74, 6) is 1.78. The van der Waals surface area contributed by atoms with E-state index in [2.05, 4.69) is 18.9 Å². The lowest BCUT2D eigenvalue weighted by Crippen LogP contribution is -2.30. The third-order valence-corrected chi connectivity index (χ3v) is 3.87. The number of hydrogen-bond donors (Lipinski definition) is 0. The average molecular weight is 263 g/mol. The monoisotopic (exact) mass is 262 g/mol. The molecule has 4 heteroatoms. The predicted octanol–water partition coefficient (Wildman–Crippen LogP) is 3.47. The zero-order valence-corrected chi connectivity index (χ0v) is 11.7. The van der Waals surface area contributed by atoms with Crippen molar-refractivity contribution in [1.82, 2.24) is 9.78 Å². The third-order valence-electron chi connectivity index (χ3n) is 2.73. The fourth-order valence-electron chi connectivity index (χ4n) is 2.12. The van der Waals surface area contributed by atoms with Crippen molar-refractivity contribution in [3.05, 3.63) is 18.0 Å². The zero-order chi connectivity index (χ0) is 12.2. The van der Waals surface area contributed by atoms with Gasteiger partial charge in [0.05, 0.1) is 5.69 Å². The van der Waals surface area contributed by atoms with Gasteiger partial charge in [-0.1, -0.05) is 13.8 Å². The highest BCUT2D eigenvalue weighted by Gasteiger charge is 2.30. The van der Waals surface area contributed by atoms with Crippen LogP contribution in [0.25, 0.3) is 0 Å². The minimum Gasteiger partial charge on any atom is -0.276 e. The number of aryl methyl sites for hydroxylation is 1. The highest BCUT2D eigenvalue weighted by molar-refractivity contribution is 6.21. The summed E-state index contributed by atoms with van der Waals surface area (Å²) in [7, 11) is 1.93. The van der Waals surface area contributed by atoms with E-state index in [0.29, 0.717) is 17.7 Å². The number of hydrogen-bond acceptors (Lipinski definition) is 1. The summed E-state index contributed by atoms with van der Waals surface area (Å²) < 4.78 is 1.82. The van der Waals surface area contributed by atoms with Gasteiger partial charge in [-0.05, 0) is 24.8 Å². The van der Waals surface area contributed by atoms with Crippen molar-refractivity contribution in [1.29, 1.82) is 0 Å². The maximum absolute atomic E-state index is 6.11. The van der Waals surface area contributed by atoms with Crippen molar-refractivity contribution in [2.24, 2.45) is 18.4 Å². The maximum Gasteiger partial charge on any atom is 0.0630 e. The van der Waals surface area contributed by atoms with E-state index in [1.165, 1.54) is 0 Å². The van der Waals surface area contributed by atoms with E-state index in [1.54, 1.807) is 0 Å². The van der Waals surface area contributed by atoms with Gasteiger partial charge in [-0.2, -0.15) is 5.10 Å². The lowest BCUT2D eigenvalue weighted by Gasteiger charge is -2.30. The van der Waals surface area contributed by atoms with Crippen LogP contribution in [0.3, 0.4) is 0 Å². The van der Waals surface area contributed by atoms with Crippen molar-refractivity contribution in [2.45, 2.75) is 26.7 Å². The topological polar surface area (TPSA) is 17.8 Å². The molecule has 1 rings (SSSR count). The molecule has 0 aliphatic heterocycles. The first-order valence-electron chi connectivity index (χ1n) is 5.62. The molecule has 0 saturated heterocycles. The van der Waals surface area contributed by atoms with Crippen LogP contribution >= 0.6 is 23.2 Å². The van der Waals surface area contributed by atoms with Crippen LogP contribution in [-0.4, -0.2) is 21.5 Å². The summed E-state index contributed by atoms with van der Waals surface area (Å²) >= 11 is 12.2. The molecule has 0 aliphatic carbocycles. The molecule has 0 N–H and O–H groups in total. The number of halogens is 2. The van der Waals surface area contributed by atoms with Gasteiger partial charge in [0.1, 0.15) is 0 Å². The first-order chi connectivity index (χ1) is 7.51. The van der Waals surface area contributed by atoms with Crippen LogP contribution in [-0.2, 0) is 13.5 Å². The van der Waals surface area contributed by atoms with Crippen LogP contribution < -0.4 is 0 Å². The van der Waals surface area contributed by atoms with Gasteiger partial charge in [0.2, 0.25) is 0 Å². The zero-order valence-electron chi connectivity index (χ0n) is 10.2. The lowest BCUT2D eigenvalue weighted by atomic mass is 9.80. The molecule has 1 heterocycles. The minimum atomic E-state index is -0.0222. The van der Waals surface area contributed by atoms with Gasteiger partial charge < -0.3 is 0 Å². The molecule has 2 nitrogen and oxygen atoms in total. The van der Waals surface area contributed by atoms with E-state index in [9.17, 15) is 0 Å². The van der Waals surface area contributed by atoms with Gasteiger partial charge in [0, 0.05) is 30.4 Å². The third kappa shape index (κ3) is 3.67. The molecule has 0 bridgehead atoms. The van der Waals surface area contributed by atoms with Gasteiger partial charge in [0.25, 0.3) is 0 Å². The number of alkyl halides is 2. The number of nitrogens with zero attached hydrogens (tertiary/aromatic N) is 2. The summed E-state index contributed by atoms with van der Waals surface area (Å²) in [6, 6.07) is 2.04. The summed E-state index contributed by atoms with van der Waals surface area (Å²) in [6.45, 7) is 4.40. The van der Waals surface area contributed by atoms with Crippen molar-refractivity contribution < 1.29 is 0 Å². The van der Waals surface area contributed by atoms with Crippen LogP contribution in [0, 0.1) is 11.3 Å². The van der Waals surface area contributed by atoms with Gasteiger partial charge in [-0.15, -0.1) is 23.2 Å². The molecule has 0 saturated carbocycles. The minimum absolute atomic E-state index is 0.0222. The second-order valence-electron chi connectivity index (χ2n) is 5.02. The van der Waals surface area contributed by atoms with Crippen LogP contribution in [0.1, 0.15) is 26.0 Å². The van der Waals surface area contributed by atoms with E-state index in [-0.39, 0.29) is 5.41 Å². The molecule has 0 unspecified atom stereocenters. The summed E-state index contributed by atoms with van der Waals surface area (Å²) in [6.07, 6.45) is 3.85. The van der Waals surface area contributed by atoms with Crippen LogP contribution in [0.2, 0.25) is 0 Å². The second kappa shape index (κ2) is 5.92. The highest BCUT2D eigenvalue weighted by Crippen LogP contribution is 2.33. The molecular formula is C12H20Cl2N2. The van der Waals surface area contributed by atoms with Gasteiger partial charge in [-0.3, -0.25) is 4.68 Å². The molecule has 16 heavy (non-hydrogen) atoms. The summed E-state index contributed by atoms with van der Waals surface area (Å²) in [4.78, 5) is 0. The van der Waals surface area contributed by atoms with E-state index in [0.717, 1.165) is 18.5 Å². The largest absolute Gasteiger partial charge is 0.276 e. The Morgan fingerprint density at radius 2 is 2.00 bits per heavy atom. The molecule has 0 atom stereocenters. The molecular weight excluding hydrogens is 243 g/mol. The fourth-order valence-corrected chi connectivity index (χ4v) is 2.81. The van der Waals surface area contributed by atoms with Gasteiger partial charge in [0.15, 0.2) is 0 Å². The lowest BCUT2D eigenvalue weighted by molar-refractivity contribution is 0.292. The standard InChI is InChI=1S/C12H20Cl2N2/c1-10(2)6-12(8-13,9-14)7-11-4-5-16(3)15-11/h4-5,10H,6-9H2,1-3H3. The van der Waals surface area contributed by atoms with Crippen LogP contribution in [0.5, 0.6) is 0 Å². The average Bonchev–Trinajstić information content (AvgIpc) is 2.62. The number of aromatic nitrogens is 2.